The van der Waals surface area contributed by atoms with E-state index in [2.05, 4.69) is 5.32 Å². The summed E-state index contributed by atoms with van der Waals surface area (Å²) in [5, 5.41) is 12.5. The molecule has 1 aromatic rings. The van der Waals surface area contributed by atoms with Crippen LogP contribution in [0.25, 0.3) is 0 Å². The summed E-state index contributed by atoms with van der Waals surface area (Å²) in [5.74, 6) is 0.0270. The molecule has 138 valence electrons. The first-order chi connectivity index (χ1) is 11.7. The third-order valence-electron chi connectivity index (χ3n) is 4.59. The number of hydrogen-bond donors (Lipinski definition) is 2. The van der Waals surface area contributed by atoms with Crippen LogP contribution in [0.4, 0.5) is 0 Å². The van der Waals surface area contributed by atoms with Crippen LogP contribution in [-0.2, 0) is 11.3 Å². The first kappa shape index (κ1) is 19.4. The van der Waals surface area contributed by atoms with Crippen LogP contribution in [-0.4, -0.2) is 40.5 Å². The average molecular weight is 346 g/mol. The zero-order valence-electron chi connectivity index (χ0n) is 15.7. The van der Waals surface area contributed by atoms with Gasteiger partial charge in [0.05, 0.1) is 6.10 Å². The summed E-state index contributed by atoms with van der Waals surface area (Å²) in [5.41, 5.74) is 1.21. The average Bonchev–Trinajstić information content (AvgIpc) is 2.98. The number of nitrogens with zero attached hydrogens (tertiary/aromatic N) is 1. The van der Waals surface area contributed by atoms with Crippen molar-refractivity contribution >= 4 is 11.8 Å². The fourth-order valence-electron chi connectivity index (χ4n) is 3.12. The highest BCUT2D eigenvalue weighted by molar-refractivity contribution is 5.94. The van der Waals surface area contributed by atoms with Gasteiger partial charge >= 0.3 is 0 Å². The van der Waals surface area contributed by atoms with E-state index in [0.29, 0.717) is 18.5 Å². The Hall–Kier alpha value is -1.88. The lowest BCUT2D eigenvalue weighted by Crippen LogP contribution is -2.37. The van der Waals surface area contributed by atoms with Crippen molar-refractivity contribution < 1.29 is 14.7 Å². The van der Waals surface area contributed by atoms with E-state index < -0.39 is 11.5 Å². The van der Waals surface area contributed by atoms with Gasteiger partial charge < -0.3 is 15.3 Å². The lowest BCUT2D eigenvalue weighted by atomic mass is 9.95. The SMILES string of the molecule is CC(O)CC1CCCN1C(=O)c1ccc(CNC(=O)C(C)(C)C)cc1. The second-order valence-corrected chi connectivity index (χ2v) is 8.01. The standard InChI is InChI=1S/C20H30N2O3/c1-14(23)12-17-6-5-11-22(17)18(24)16-9-7-15(8-10-16)13-21-19(25)20(2,3)4/h7-10,14,17,23H,5-6,11-13H2,1-4H3,(H,21,25). The molecule has 2 N–H and O–H groups in total. The van der Waals surface area contributed by atoms with Crippen molar-refractivity contribution in [2.24, 2.45) is 5.41 Å². The Morgan fingerprint density at radius 3 is 2.48 bits per heavy atom. The third kappa shape index (κ3) is 5.30. The van der Waals surface area contributed by atoms with E-state index in [9.17, 15) is 14.7 Å². The molecule has 1 saturated heterocycles. The molecule has 2 unspecified atom stereocenters. The molecule has 2 amide bonds. The molecule has 1 aromatic carbocycles. The van der Waals surface area contributed by atoms with Crippen LogP contribution in [0.3, 0.4) is 0 Å². The fraction of sp³-hybridized carbons (Fsp3) is 0.600. The number of carbonyl (C=O) groups is 2. The van der Waals surface area contributed by atoms with E-state index in [1.807, 2.05) is 49.9 Å². The molecular weight excluding hydrogens is 316 g/mol. The van der Waals surface area contributed by atoms with Crippen LogP contribution in [0.1, 0.15) is 62.9 Å². The van der Waals surface area contributed by atoms with Crippen molar-refractivity contribution in [3.05, 3.63) is 35.4 Å². The second-order valence-electron chi connectivity index (χ2n) is 8.01. The van der Waals surface area contributed by atoms with Gasteiger partial charge in [-0.2, -0.15) is 0 Å². The maximum atomic E-state index is 12.7. The molecule has 0 bridgehead atoms. The molecule has 0 aromatic heterocycles. The molecule has 0 saturated carbocycles. The van der Waals surface area contributed by atoms with Gasteiger partial charge in [0.25, 0.3) is 5.91 Å². The Balaban J connectivity index is 1.97. The lowest BCUT2D eigenvalue weighted by molar-refractivity contribution is -0.128. The molecule has 5 nitrogen and oxygen atoms in total. The van der Waals surface area contributed by atoms with Gasteiger partial charge in [-0.3, -0.25) is 9.59 Å². The topological polar surface area (TPSA) is 69.6 Å². The summed E-state index contributed by atoms with van der Waals surface area (Å²) in [6.45, 7) is 8.61. The molecule has 1 aliphatic heterocycles. The van der Waals surface area contributed by atoms with Crippen molar-refractivity contribution in [1.29, 1.82) is 0 Å². The van der Waals surface area contributed by atoms with Gasteiger partial charge in [-0.1, -0.05) is 32.9 Å². The Morgan fingerprint density at radius 1 is 1.28 bits per heavy atom. The van der Waals surface area contributed by atoms with Crippen LogP contribution in [0.15, 0.2) is 24.3 Å². The van der Waals surface area contributed by atoms with Crippen molar-refractivity contribution in [2.75, 3.05) is 6.54 Å². The quantitative estimate of drug-likeness (QED) is 0.861. The summed E-state index contributed by atoms with van der Waals surface area (Å²) in [4.78, 5) is 26.5. The van der Waals surface area contributed by atoms with Gasteiger partial charge in [0.1, 0.15) is 0 Å². The number of hydrogen-bond acceptors (Lipinski definition) is 3. The van der Waals surface area contributed by atoms with Crippen molar-refractivity contribution in [3.8, 4) is 0 Å². The van der Waals surface area contributed by atoms with Crippen molar-refractivity contribution in [2.45, 2.75) is 65.6 Å². The van der Waals surface area contributed by atoms with E-state index in [-0.39, 0.29) is 17.9 Å². The molecule has 2 atom stereocenters. The maximum Gasteiger partial charge on any atom is 0.254 e. The monoisotopic (exact) mass is 346 g/mol. The zero-order chi connectivity index (χ0) is 18.6. The zero-order valence-corrected chi connectivity index (χ0v) is 15.7. The molecule has 0 spiro atoms. The molecule has 0 aliphatic carbocycles. The number of aliphatic hydroxyl groups is 1. The van der Waals surface area contributed by atoms with Crippen LogP contribution < -0.4 is 5.32 Å². The Kier molecular flexibility index (Phi) is 6.22. The first-order valence-corrected chi connectivity index (χ1v) is 9.05. The lowest BCUT2D eigenvalue weighted by Gasteiger charge is -2.26. The van der Waals surface area contributed by atoms with Gasteiger partial charge in [-0.25, -0.2) is 0 Å². The number of carbonyl (C=O) groups excluding carboxylic acids is 2. The minimum atomic E-state index is -0.412. The third-order valence-corrected chi connectivity index (χ3v) is 4.59. The Labute approximate surface area is 150 Å². The number of benzene rings is 1. The van der Waals surface area contributed by atoms with Crippen LogP contribution in [0, 0.1) is 5.41 Å². The number of aliphatic hydroxyl groups excluding tert-OH is 1. The van der Waals surface area contributed by atoms with Gasteiger partial charge in [0.2, 0.25) is 5.91 Å². The van der Waals surface area contributed by atoms with Crippen LogP contribution in [0.2, 0.25) is 0 Å². The molecule has 5 heteroatoms. The van der Waals surface area contributed by atoms with Crippen molar-refractivity contribution in [3.63, 3.8) is 0 Å². The summed E-state index contributed by atoms with van der Waals surface area (Å²) < 4.78 is 0. The highest BCUT2D eigenvalue weighted by atomic mass is 16.3. The van der Waals surface area contributed by atoms with Crippen molar-refractivity contribution in [1.82, 2.24) is 10.2 Å². The summed E-state index contributed by atoms with van der Waals surface area (Å²) >= 11 is 0. The predicted octanol–water partition coefficient (Wildman–Crippen LogP) is 2.72. The molecule has 1 aliphatic rings. The maximum absolute atomic E-state index is 12.7. The minimum Gasteiger partial charge on any atom is -0.393 e. The number of nitrogens with one attached hydrogen (secondary N) is 1. The number of rotatable bonds is 5. The van der Waals surface area contributed by atoms with Gasteiger partial charge in [0, 0.05) is 30.1 Å². The van der Waals surface area contributed by atoms with E-state index in [1.54, 1.807) is 6.92 Å². The van der Waals surface area contributed by atoms with Crippen LogP contribution >= 0.6 is 0 Å². The molecule has 2 rings (SSSR count). The fourth-order valence-corrected chi connectivity index (χ4v) is 3.12. The molecular formula is C20H30N2O3. The van der Waals surface area contributed by atoms with Gasteiger partial charge in [0.15, 0.2) is 0 Å². The molecule has 1 fully saturated rings. The van der Waals surface area contributed by atoms with E-state index in [0.717, 1.165) is 24.9 Å². The molecule has 25 heavy (non-hydrogen) atoms. The highest BCUT2D eigenvalue weighted by Gasteiger charge is 2.30. The Morgan fingerprint density at radius 2 is 1.92 bits per heavy atom. The normalized spacial score (nSPS) is 18.9. The largest absolute Gasteiger partial charge is 0.393 e. The van der Waals surface area contributed by atoms with E-state index in [1.165, 1.54) is 0 Å². The molecule has 1 heterocycles. The van der Waals surface area contributed by atoms with Crippen LogP contribution in [0.5, 0.6) is 0 Å². The summed E-state index contributed by atoms with van der Waals surface area (Å²) in [7, 11) is 0. The number of likely N-dealkylation sites (tertiary alicyclic amines) is 1. The van der Waals surface area contributed by atoms with E-state index in [4.69, 9.17) is 0 Å². The predicted molar refractivity (Wildman–Crippen MR) is 98.1 cm³/mol. The van der Waals surface area contributed by atoms with Gasteiger partial charge in [-0.15, -0.1) is 0 Å². The van der Waals surface area contributed by atoms with Gasteiger partial charge in [-0.05, 0) is 43.9 Å². The van der Waals surface area contributed by atoms with E-state index >= 15 is 0 Å². The Bertz CT molecular complexity index is 602. The summed E-state index contributed by atoms with van der Waals surface area (Å²) in [6.07, 6.45) is 2.17. The summed E-state index contributed by atoms with van der Waals surface area (Å²) in [6, 6.07) is 7.53. The second kappa shape index (κ2) is 8.00. The molecule has 0 radical (unpaired) electrons. The minimum absolute atomic E-state index is 0.00526. The first-order valence-electron chi connectivity index (χ1n) is 9.05. The smallest absolute Gasteiger partial charge is 0.254 e. The number of amides is 2. The highest BCUT2D eigenvalue weighted by Crippen LogP contribution is 2.24.